The highest BCUT2D eigenvalue weighted by molar-refractivity contribution is 5.89. The van der Waals surface area contributed by atoms with E-state index in [4.69, 9.17) is 0 Å². The van der Waals surface area contributed by atoms with Crippen molar-refractivity contribution in [2.75, 3.05) is 11.9 Å². The third-order valence-electron chi connectivity index (χ3n) is 2.53. The van der Waals surface area contributed by atoms with Crippen LogP contribution in [-0.4, -0.2) is 12.6 Å². The molecule has 0 saturated heterocycles. The standard InChI is InChI=1S/C14H21N2O/c1-3-4-5-6-11-15-14(17)16-13-9-7-12(2)8-10-13/h7-10H,2-6,11H2,1H3,(H2,15,16,17). The second-order valence-electron chi connectivity index (χ2n) is 4.14. The van der Waals surface area contributed by atoms with Crippen LogP contribution >= 0.6 is 0 Å². The summed E-state index contributed by atoms with van der Waals surface area (Å²) in [5.74, 6) is 0. The first-order valence-electron chi connectivity index (χ1n) is 6.19. The molecule has 0 atom stereocenters. The quantitative estimate of drug-likeness (QED) is 0.725. The lowest BCUT2D eigenvalue weighted by molar-refractivity contribution is 0.252. The number of benzene rings is 1. The Morgan fingerprint density at radius 2 is 1.88 bits per heavy atom. The van der Waals surface area contributed by atoms with Crippen LogP contribution in [0.2, 0.25) is 0 Å². The summed E-state index contributed by atoms with van der Waals surface area (Å²) < 4.78 is 0. The lowest BCUT2D eigenvalue weighted by Crippen LogP contribution is -2.29. The molecule has 3 nitrogen and oxygen atoms in total. The summed E-state index contributed by atoms with van der Waals surface area (Å²) >= 11 is 0. The van der Waals surface area contributed by atoms with Gasteiger partial charge in [-0.05, 0) is 31.0 Å². The van der Waals surface area contributed by atoms with Crippen LogP contribution < -0.4 is 10.6 Å². The number of carbonyl (C=O) groups is 1. The van der Waals surface area contributed by atoms with Gasteiger partial charge in [-0.2, -0.15) is 0 Å². The number of rotatable bonds is 6. The third-order valence-corrected chi connectivity index (χ3v) is 2.53. The van der Waals surface area contributed by atoms with Gasteiger partial charge in [-0.1, -0.05) is 38.3 Å². The van der Waals surface area contributed by atoms with E-state index < -0.39 is 0 Å². The van der Waals surface area contributed by atoms with E-state index in [1.807, 2.05) is 24.3 Å². The third kappa shape index (κ3) is 5.95. The van der Waals surface area contributed by atoms with Crippen molar-refractivity contribution >= 4 is 11.7 Å². The van der Waals surface area contributed by atoms with E-state index >= 15 is 0 Å². The topological polar surface area (TPSA) is 41.1 Å². The lowest BCUT2D eigenvalue weighted by atomic mass is 10.2. The Bertz CT molecular complexity index is 333. The molecule has 0 fully saturated rings. The van der Waals surface area contributed by atoms with Gasteiger partial charge in [0.2, 0.25) is 0 Å². The smallest absolute Gasteiger partial charge is 0.319 e. The van der Waals surface area contributed by atoms with Crippen LogP contribution in [0.15, 0.2) is 24.3 Å². The number of hydrogen-bond donors (Lipinski definition) is 2. The predicted molar refractivity (Wildman–Crippen MR) is 72.1 cm³/mol. The maximum absolute atomic E-state index is 11.5. The number of urea groups is 1. The van der Waals surface area contributed by atoms with Crippen molar-refractivity contribution in [3.8, 4) is 0 Å². The fraction of sp³-hybridized carbons (Fsp3) is 0.429. The normalized spacial score (nSPS) is 10.0. The lowest BCUT2D eigenvalue weighted by Gasteiger charge is -2.07. The van der Waals surface area contributed by atoms with Crippen molar-refractivity contribution in [3.63, 3.8) is 0 Å². The fourth-order valence-corrected chi connectivity index (χ4v) is 1.52. The Morgan fingerprint density at radius 3 is 2.53 bits per heavy atom. The minimum Gasteiger partial charge on any atom is -0.338 e. The summed E-state index contributed by atoms with van der Waals surface area (Å²) in [5, 5.41) is 5.62. The Hall–Kier alpha value is -1.51. The van der Waals surface area contributed by atoms with E-state index in [1.165, 1.54) is 19.3 Å². The SMILES string of the molecule is [CH2]c1ccc(NC(=O)NCCCCCC)cc1. The van der Waals surface area contributed by atoms with E-state index in [1.54, 1.807) is 0 Å². The Labute approximate surface area is 104 Å². The van der Waals surface area contributed by atoms with Crippen LogP contribution in [0.3, 0.4) is 0 Å². The molecule has 0 aliphatic heterocycles. The van der Waals surface area contributed by atoms with Gasteiger partial charge in [0.15, 0.2) is 0 Å². The number of anilines is 1. The summed E-state index contributed by atoms with van der Waals surface area (Å²) in [7, 11) is 0. The summed E-state index contributed by atoms with van der Waals surface area (Å²) in [5.41, 5.74) is 1.74. The van der Waals surface area contributed by atoms with E-state index in [2.05, 4.69) is 24.5 Å². The molecule has 3 heteroatoms. The van der Waals surface area contributed by atoms with Crippen LogP contribution in [0, 0.1) is 6.92 Å². The van der Waals surface area contributed by atoms with Crippen molar-refractivity contribution in [2.24, 2.45) is 0 Å². The highest BCUT2D eigenvalue weighted by atomic mass is 16.2. The van der Waals surface area contributed by atoms with Crippen LogP contribution in [0.4, 0.5) is 10.5 Å². The predicted octanol–water partition coefficient (Wildman–Crippen LogP) is 3.57. The summed E-state index contributed by atoms with van der Waals surface area (Å²) in [6.07, 6.45) is 4.66. The molecular formula is C14H21N2O. The molecule has 1 radical (unpaired) electrons. The van der Waals surface area contributed by atoms with Crippen molar-refractivity contribution in [3.05, 3.63) is 36.8 Å². The van der Waals surface area contributed by atoms with Gasteiger partial charge in [0, 0.05) is 12.2 Å². The fourth-order valence-electron chi connectivity index (χ4n) is 1.52. The van der Waals surface area contributed by atoms with Crippen LogP contribution in [-0.2, 0) is 0 Å². The van der Waals surface area contributed by atoms with Crippen LogP contribution in [0.25, 0.3) is 0 Å². The second kappa shape index (κ2) is 7.71. The monoisotopic (exact) mass is 233 g/mol. The molecule has 0 aliphatic rings. The van der Waals surface area contributed by atoms with Gasteiger partial charge < -0.3 is 10.6 Å². The van der Waals surface area contributed by atoms with E-state index in [0.29, 0.717) is 0 Å². The average Bonchev–Trinajstić information content (AvgIpc) is 2.32. The van der Waals surface area contributed by atoms with Gasteiger partial charge >= 0.3 is 6.03 Å². The molecule has 1 aromatic carbocycles. The maximum atomic E-state index is 11.5. The first-order valence-corrected chi connectivity index (χ1v) is 6.19. The zero-order valence-electron chi connectivity index (χ0n) is 10.5. The van der Waals surface area contributed by atoms with Crippen LogP contribution in [0.5, 0.6) is 0 Å². The highest BCUT2D eigenvalue weighted by Crippen LogP contribution is 2.08. The molecule has 1 aromatic rings. The molecule has 2 N–H and O–H groups in total. The molecule has 0 spiro atoms. The zero-order valence-corrected chi connectivity index (χ0v) is 10.5. The minimum absolute atomic E-state index is 0.140. The van der Waals surface area contributed by atoms with E-state index in [9.17, 15) is 4.79 Å². The summed E-state index contributed by atoms with van der Waals surface area (Å²) in [4.78, 5) is 11.5. The van der Waals surface area contributed by atoms with Crippen molar-refractivity contribution in [2.45, 2.75) is 32.6 Å². The Balaban J connectivity index is 2.18. The number of unbranched alkanes of at least 4 members (excludes halogenated alkanes) is 3. The van der Waals surface area contributed by atoms with Gasteiger partial charge in [-0.25, -0.2) is 4.79 Å². The highest BCUT2D eigenvalue weighted by Gasteiger charge is 1.99. The molecule has 0 unspecified atom stereocenters. The van der Waals surface area contributed by atoms with Gasteiger partial charge in [-0.3, -0.25) is 0 Å². The largest absolute Gasteiger partial charge is 0.338 e. The van der Waals surface area contributed by atoms with Crippen molar-refractivity contribution < 1.29 is 4.79 Å². The molecule has 0 heterocycles. The number of amides is 2. The second-order valence-corrected chi connectivity index (χ2v) is 4.14. The molecule has 0 saturated carbocycles. The molecular weight excluding hydrogens is 212 g/mol. The zero-order chi connectivity index (χ0) is 12.5. The molecule has 17 heavy (non-hydrogen) atoms. The van der Waals surface area contributed by atoms with Crippen LogP contribution in [0.1, 0.15) is 38.2 Å². The summed E-state index contributed by atoms with van der Waals surface area (Å²) in [6.45, 7) is 6.70. The van der Waals surface area contributed by atoms with E-state index in [0.717, 1.165) is 24.2 Å². The summed E-state index contributed by atoms with van der Waals surface area (Å²) in [6, 6.07) is 7.30. The molecule has 0 bridgehead atoms. The van der Waals surface area contributed by atoms with Crippen molar-refractivity contribution in [1.82, 2.24) is 5.32 Å². The molecule has 1 rings (SSSR count). The van der Waals surface area contributed by atoms with Gasteiger partial charge in [-0.15, -0.1) is 0 Å². The number of nitrogens with one attached hydrogen (secondary N) is 2. The van der Waals surface area contributed by atoms with Gasteiger partial charge in [0.1, 0.15) is 0 Å². The maximum Gasteiger partial charge on any atom is 0.319 e. The Morgan fingerprint density at radius 1 is 1.18 bits per heavy atom. The van der Waals surface area contributed by atoms with Gasteiger partial charge in [0.05, 0.1) is 0 Å². The first-order chi connectivity index (χ1) is 8.22. The molecule has 0 aliphatic carbocycles. The van der Waals surface area contributed by atoms with E-state index in [-0.39, 0.29) is 6.03 Å². The van der Waals surface area contributed by atoms with Gasteiger partial charge in [0.25, 0.3) is 0 Å². The average molecular weight is 233 g/mol. The number of carbonyl (C=O) groups excluding carboxylic acids is 1. The minimum atomic E-state index is -0.140. The first kappa shape index (κ1) is 13.6. The molecule has 93 valence electrons. The van der Waals surface area contributed by atoms with Crippen molar-refractivity contribution in [1.29, 1.82) is 0 Å². The Kier molecular flexibility index (Phi) is 6.15. The number of hydrogen-bond acceptors (Lipinski definition) is 1. The molecule has 2 amide bonds. The molecule has 0 aromatic heterocycles.